The molecule has 0 unspecified atom stereocenters. The Kier molecular flexibility index (Phi) is 4.67. The molecule has 0 bridgehead atoms. The molecular weight excluding hydrogens is 339 g/mol. The van der Waals surface area contributed by atoms with Crippen molar-refractivity contribution in [3.8, 4) is 0 Å². The van der Waals surface area contributed by atoms with Crippen molar-refractivity contribution in [1.82, 2.24) is 0 Å². The van der Waals surface area contributed by atoms with Crippen molar-refractivity contribution in [2.24, 2.45) is 0 Å². The molecular formula is C13H7Cl3N2O3. The van der Waals surface area contributed by atoms with Gasteiger partial charge in [-0.25, -0.2) is 0 Å². The van der Waals surface area contributed by atoms with Crippen LogP contribution >= 0.6 is 34.8 Å². The minimum Gasteiger partial charge on any atom is -0.320 e. The van der Waals surface area contributed by atoms with Crippen molar-refractivity contribution >= 4 is 52.1 Å². The summed E-state index contributed by atoms with van der Waals surface area (Å²) in [5.74, 6) is -0.701. The van der Waals surface area contributed by atoms with E-state index in [9.17, 15) is 14.9 Å². The molecule has 0 fully saturated rings. The van der Waals surface area contributed by atoms with Gasteiger partial charge in [-0.1, -0.05) is 40.9 Å². The third-order valence-corrected chi connectivity index (χ3v) is 3.65. The first-order valence-corrected chi connectivity index (χ1v) is 6.73. The zero-order valence-corrected chi connectivity index (χ0v) is 12.5. The van der Waals surface area contributed by atoms with Crippen LogP contribution in [0.1, 0.15) is 10.4 Å². The molecule has 1 N–H and O–H groups in total. The first-order chi connectivity index (χ1) is 9.90. The summed E-state index contributed by atoms with van der Waals surface area (Å²) in [7, 11) is 0. The Morgan fingerprint density at radius 1 is 1.14 bits per heavy atom. The average Bonchev–Trinajstić information content (AvgIpc) is 2.43. The number of hydrogen-bond donors (Lipinski definition) is 1. The van der Waals surface area contributed by atoms with E-state index < -0.39 is 10.8 Å². The molecule has 0 spiro atoms. The standard InChI is InChI=1S/C13H7Cl3N2O3/c14-7-4-5-11(18(20)21)8(6-7)13(19)17-10-3-1-2-9(15)12(10)16/h1-6H,(H,17,19). The summed E-state index contributed by atoms with van der Waals surface area (Å²) in [5, 5.41) is 14.0. The van der Waals surface area contributed by atoms with Crippen LogP contribution in [0, 0.1) is 10.1 Å². The summed E-state index contributed by atoms with van der Waals surface area (Å²) >= 11 is 17.6. The van der Waals surface area contributed by atoms with Crippen molar-refractivity contribution in [2.45, 2.75) is 0 Å². The molecule has 8 heteroatoms. The summed E-state index contributed by atoms with van der Waals surface area (Å²) in [6.45, 7) is 0. The highest BCUT2D eigenvalue weighted by atomic mass is 35.5. The first kappa shape index (κ1) is 15.6. The van der Waals surface area contributed by atoms with Crippen molar-refractivity contribution in [1.29, 1.82) is 0 Å². The van der Waals surface area contributed by atoms with E-state index in [1.54, 1.807) is 12.1 Å². The number of nitro benzene ring substituents is 1. The lowest BCUT2D eigenvalue weighted by atomic mass is 10.1. The summed E-state index contributed by atoms with van der Waals surface area (Å²) < 4.78 is 0. The predicted molar refractivity (Wildman–Crippen MR) is 82.5 cm³/mol. The lowest BCUT2D eigenvalue weighted by Gasteiger charge is -2.08. The molecule has 2 rings (SSSR count). The minimum absolute atomic E-state index is 0.150. The van der Waals surface area contributed by atoms with Gasteiger partial charge in [0, 0.05) is 11.1 Å². The summed E-state index contributed by atoms with van der Waals surface area (Å²) in [4.78, 5) is 22.5. The number of benzene rings is 2. The lowest BCUT2D eigenvalue weighted by Crippen LogP contribution is -2.14. The number of amides is 1. The maximum absolute atomic E-state index is 12.2. The van der Waals surface area contributed by atoms with E-state index in [2.05, 4.69) is 5.32 Å². The van der Waals surface area contributed by atoms with E-state index in [1.807, 2.05) is 0 Å². The van der Waals surface area contributed by atoms with Crippen LogP contribution in [0.2, 0.25) is 15.1 Å². The highest BCUT2D eigenvalue weighted by molar-refractivity contribution is 6.44. The zero-order chi connectivity index (χ0) is 15.6. The van der Waals surface area contributed by atoms with Gasteiger partial charge >= 0.3 is 0 Å². The number of nitro groups is 1. The Balaban J connectivity index is 2.39. The Bertz CT molecular complexity index is 735. The van der Waals surface area contributed by atoms with Crippen LogP contribution in [-0.4, -0.2) is 10.8 Å². The molecule has 108 valence electrons. The van der Waals surface area contributed by atoms with E-state index >= 15 is 0 Å². The smallest absolute Gasteiger partial charge is 0.282 e. The number of anilines is 1. The molecule has 1 amide bonds. The maximum atomic E-state index is 12.2. The number of carbonyl (C=O) groups is 1. The molecule has 2 aromatic carbocycles. The fraction of sp³-hybridized carbons (Fsp3) is 0. The molecule has 0 heterocycles. The van der Waals surface area contributed by atoms with Crippen LogP contribution in [0.4, 0.5) is 11.4 Å². The molecule has 0 saturated carbocycles. The van der Waals surface area contributed by atoms with Crippen molar-refractivity contribution in [2.75, 3.05) is 5.32 Å². The second-order valence-electron chi connectivity index (χ2n) is 3.97. The molecule has 2 aromatic rings. The van der Waals surface area contributed by atoms with Crippen molar-refractivity contribution in [3.63, 3.8) is 0 Å². The highest BCUT2D eigenvalue weighted by Crippen LogP contribution is 2.31. The van der Waals surface area contributed by atoms with Crippen LogP contribution in [0.5, 0.6) is 0 Å². The third-order valence-electron chi connectivity index (χ3n) is 2.60. The van der Waals surface area contributed by atoms with Gasteiger partial charge in [0.15, 0.2) is 0 Å². The topological polar surface area (TPSA) is 72.2 Å². The predicted octanol–water partition coefficient (Wildman–Crippen LogP) is 4.81. The van der Waals surface area contributed by atoms with Gasteiger partial charge in [-0.15, -0.1) is 0 Å². The minimum atomic E-state index is -0.701. The molecule has 5 nitrogen and oxygen atoms in total. The fourth-order valence-corrected chi connectivity index (χ4v) is 2.16. The Morgan fingerprint density at radius 2 is 1.86 bits per heavy atom. The van der Waals surface area contributed by atoms with Gasteiger partial charge in [-0.3, -0.25) is 14.9 Å². The number of rotatable bonds is 3. The van der Waals surface area contributed by atoms with Crippen LogP contribution in [-0.2, 0) is 0 Å². The molecule has 0 aliphatic heterocycles. The summed E-state index contributed by atoms with van der Waals surface area (Å²) in [6.07, 6.45) is 0. The Labute approximate surface area is 134 Å². The highest BCUT2D eigenvalue weighted by Gasteiger charge is 2.21. The normalized spacial score (nSPS) is 10.2. The summed E-state index contributed by atoms with van der Waals surface area (Å²) in [5.41, 5.74) is -0.262. The molecule has 21 heavy (non-hydrogen) atoms. The van der Waals surface area contributed by atoms with Crippen LogP contribution < -0.4 is 5.32 Å². The van der Waals surface area contributed by atoms with Crippen LogP contribution in [0.15, 0.2) is 36.4 Å². The maximum Gasteiger partial charge on any atom is 0.282 e. The number of nitrogens with zero attached hydrogens (tertiary/aromatic N) is 1. The van der Waals surface area contributed by atoms with Gasteiger partial charge < -0.3 is 5.32 Å². The van der Waals surface area contributed by atoms with E-state index in [4.69, 9.17) is 34.8 Å². The Hall–Kier alpha value is -1.82. The lowest BCUT2D eigenvalue weighted by molar-refractivity contribution is -0.385. The second-order valence-corrected chi connectivity index (χ2v) is 5.20. The van der Waals surface area contributed by atoms with Gasteiger partial charge in [0.05, 0.1) is 20.7 Å². The summed E-state index contributed by atoms with van der Waals surface area (Å²) in [6, 6.07) is 8.40. The SMILES string of the molecule is O=C(Nc1cccc(Cl)c1Cl)c1cc(Cl)ccc1[N+](=O)[O-]. The molecule has 0 saturated heterocycles. The molecule has 0 aromatic heterocycles. The van der Waals surface area contributed by atoms with Gasteiger partial charge in [0.25, 0.3) is 11.6 Å². The molecule has 0 aliphatic rings. The average molecular weight is 346 g/mol. The van der Waals surface area contributed by atoms with E-state index in [-0.39, 0.29) is 32.0 Å². The quantitative estimate of drug-likeness (QED) is 0.641. The first-order valence-electron chi connectivity index (χ1n) is 5.59. The molecule has 0 radical (unpaired) electrons. The van der Waals surface area contributed by atoms with Crippen LogP contribution in [0.25, 0.3) is 0 Å². The number of carbonyl (C=O) groups excluding carboxylic acids is 1. The van der Waals surface area contributed by atoms with Gasteiger partial charge in [0.1, 0.15) is 5.56 Å². The fourth-order valence-electron chi connectivity index (χ4n) is 1.64. The van der Waals surface area contributed by atoms with E-state index in [0.29, 0.717) is 0 Å². The van der Waals surface area contributed by atoms with Gasteiger partial charge in [0.2, 0.25) is 0 Å². The number of halogens is 3. The van der Waals surface area contributed by atoms with Gasteiger partial charge in [-0.2, -0.15) is 0 Å². The largest absolute Gasteiger partial charge is 0.320 e. The Morgan fingerprint density at radius 3 is 2.52 bits per heavy atom. The van der Waals surface area contributed by atoms with Crippen molar-refractivity contribution < 1.29 is 9.72 Å². The molecule has 0 aliphatic carbocycles. The van der Waals surface area contributed by atoms with Crippen molar-refractivity contribution in [3.05, 3.63) is 67.1 Å². The number of hydrogen-bond acceptors (Lipinski definition) is 3. The molecule has 0 atom stereocenters. The zero-order valence-electron chi connectivity index (χ0n) is 10.3. The van der Waals surface area contributed by atoms with E-state index in [1.165, 1.54) is 18.2 Å². The van der Waals surface area contributed by atoms with E-state index in [0.717, 1.165) is 6.07 Å². The second kappa shape index (κ2) is 6.30. The monoisotopic (exact) mass is 344 g/mol. The van der Waals surface area contributed by atoms with Gasteiger partial charge in [-0.05, 0) is 24.3 Å². The number of nitrogens with one attached hydrogen (secondary N) is 1. The van der Waals surface area contributed by atoms with Crippen LogP contribution in [0.3, 0.4) is 0 Å². The third kappa shape index (κ3) is 3.44.